The van der Waals surface area contributed by atoms with Gasteiger partial charge in [0.15, 0.2) is 0 Å². The van der Waals surface area contributed by atoms with Crippen LogP contribution in [0.15, 0.2) is 24.5 Å². The molecule has 0 aliphatic carbocycles. The number of hydrogen-bond donors (Lipinski definition) is 2. The molecule has 0 bridgehead atoms. The summed E-state index contributed by atoms with van der Waals surface area (Å²) in [7, 11) is -3.42. The number of aryl methyl sites for hydroxylation is 1. The van der Waals surface area contributed by atoms with E-state index in [1.54, 1.807) is 38.4 Å². The molecule has 0 aliphatic rings. The van der Waals surface area contributed by atoms with Crippen LogP contribution >= 0.6 is 0 Å². The third kappa shape index (κ3) is 4.96. The van der Waals surface area contributed by atoms with Crippen molar-refractivity contribution in [3.05, 3.63) is 30.1 Å². The summed E-state index contributed by atoms with van der Waals surface area (Å²) in [6, 6.07) is 3.37. The molecule has 106 valence electrons. The van der Waals surface area contributed by atoms with Gasteiger partial charge in [0, 0.05) is 18.4 Å². The average molecular weight is 284 g/mol. The lowest BCUT2D eigenvalue weighted by molar-refractivity contribution is 0.389. The lowest BCUT2D eigenvalue weighted by Crippen LogP contribution is -2.43. The fraction of sp³-hybridized carbons (Fsp3) is 0.500. The first-order chi connectivity index (χ1) is 8.83. The van der Waals surface area contributed by atoms with Gasteiger partial charge in [-0.3, -0.25) is 10.4 Å². The zero-order chi connectivity index (χ0) is 14.5. The summed E-state index contributed by atoms with van der Waals surface area (Å²) in [5, 5.41) is 7.26. The number of nitrogens with two attached hydrogens (primary N) is 1. The minimum absolute atomic E-state index is 0.00245. The van der Waals surface area contributed by atoms with Crippen LogP contribution in [-0.2, 0) is 16.4 Å². The molecular formula is C12H20N4O2S. The minimum atomic E-state index is -3.42. The van der Waals surface area contributed by atoms with Crippen LogP contribution in [-0.4, -0.2) is 41.9 Å². The second kappa shape index (κ2) is 6.63. The van der Waals surface area contributed by atoms with E-state index in [1.807, 2.05) is 0 Å². The summed E-state index contributed by atoms with van der Waals surface area (Å²) in [6.45, 7) is 3.48. The second-order valence-electron chi connectivity index (χ2n) is 4.59. The van der Waals surface area contributed by atoms with Gasteiger partial charge in [0.05, 0.1) is 12.3 Å². The van der Waals surface area contributed by atoms with Gasteiger partial charge in [0.1, 0.15) is 5.84 Å². The number of rotatable bonds is 7. The maximum atomic E-state index is 12.2. The second-order valence-corrected chi connectivity index (χ2v) is 6.63. The Balaban J connectivity index is 2.75. The number of aromatic nitrogens is 1. The molecule has 3 N–H and O–H groups in total. The van der Waals surface area contributed by atoms with Crippen LogP contribution in [0.5, 0.6) is 0 Å². The van der Waals surface area contributed by atoms with Crippen molar-refractivity contribution in [1.29, 1.82) is 5.41 Å². The Kier molecular flexibility index (Phi) is 5.44. The molecule has 1 heterocycles. The number of nitrogens with zero attached hydrogens (tertiary/aromatic N) is 2. The summed E-state index contributed by atoms with van der Waals surface area (Å²) in [5.41, 5.74) is 6.23. The molecule has 0 fully saturated rings. The third-order valence-electron chi connectivity index (χ3n) is 2.66. The summed E-state index contributed by atoms with van der Waals surface area (Å²) in [6.07, 6.45) is 3.70. The van der Waals surface area contributed by atoms with Gasteiger partial charge < -0.3 is 5.73 Å². The largest absolute Gasteiger partial charge is 0.387 e. The van der Waals surface area contributed by atoms with Crippen LogP contribution in [0, 0.1) is 5.41 Å². The van der Waals surface area contributed by atoms with Crippen LogP contribution < -0.4 is 5.73 Å². The van der Waals surface area contributed by atoms with Crippen LogP contribution in [0.2, 0.25) is 0 Å². The highest BCUT2D eigenvalue weighted by Crippen LogP contribution is 2.09. The molecule has 1 aromatic heterocycles. The Hall–Kier alpha value is -1.47. The Labute approximate surface area is 114 Å². The number of nitrogens with one attached hydrogen (secondary N) is 1. The van der Waals surface area contributed by atoms with Crippen LogP contribution in [0.25, 0.3) is 0 Å². The molecule has 19 heavy (non-hydrogen) atoms. The first-order valence-electron chi connectivity index (χ1n) is 6.04. The topological polar surface area (TPSA) is 100 Å². The molecular weight excluding hydrogens is 264 g/mol. The van der Waals surface area contributed by atoms with Crippen molar-refractivity contribution >= 4 is 15.9 Å². The van der Waals surface area contributed by atoms with Gasteiger partial charge in [-0.2, -0.15) is 4.31 Å². The zero-order valence-corrected chi connectivity index (χ0v) is 12.0. The molecule has 0 radical (unpaired) electrons. The van der Waals surface area contributed by atoms with Crippen molar-refractivity contribution in [2.75, 3.05) is 12.3 Å². The highest BCUT2D eigenvalue weighted by Gasteiger charge is 2.25. The van der Waals surface area contributed by atoms with E-state index in [1.165, 1.54) is 4.31 Å². The summed E-state index contributed by atoms with van der Waals surface area (Å²) in [4.78, 5) is 3.89. The first-order valence-corrected chi connectivity index (χ1v) is 7.65. The van der Waals surface area contributed by atoms with E-state index in [0.717, 1.165) is 5.56 Å². The lowest BCUT2D eigenvalue weighted by atomic mass is 10.2. The Bertz CT molecular complexity index is 514. The molecule has 0 saturated carbocycles. The van der Waals surface area contributed by atoms with Crippen molar-refractivity contribution in [2.24, 2.45) is 5.73 Å². The van der Waals surface area contributed by atoms with Crippen LogP contribution in [0.3, 0.4) is 0 Å². The molecule has 1 rings (SSSR count). The Morgan fingerprint density at radius 1 is 1.42 bits per heavy atom. The van der Waals surface area contributed by atoms with Gasteiger partial charge in [-0.1, -0.05) is 0 Å². The van der Waals surface area contributed by atoms with Crippen LogP contribution in [0.1, 0.15) is 19.4 Å². The molecule has 0 amide bonds. The molecule has 0 aromatic carbocycles. The number of pyridine rings is 1. The third-order valence-corrected chi connectivity index (χ3v) is 4.64. The summed E-state index contributed by atoms with van der Waals surface area (Å²) in [5.74, 6) is -0.149. The maximum absolute atomic E-state index is 12.2. The van der Waals surface area contributed by atoms with E-state index in [-0.39, 0.29) is 24.2 Å². The van der Waals surface area contributed by atoms with Gasteiger partial charge in [0.2, 0.25) is 10.0 Å². The number of hydrogen-bond acceptors (Lipinski definition) is 4. The fourth-order valence-corrected chi connectivity index (χ4v) is 3.39. The van der Waals surface area contributed by atoms with Gasteiger partial charge in [-0.25, -0.2) is 8.42 Å². The quantitative estimate of drug-likeness (QED) is 0.565. The van der Waals surface area contributed by atoms with Crippen LogP contribution in [0.4, 0.5) is 0 Å². The van der Waals surface area contributed by atoms with Gasteiger partial charge in [0.25, 0.3) is 0 Å². The number of sulfonamides is 1. The molecule has 6 nitrogen and oxygen atoms in total. The monoisotopic (exact) mass is 284 g/mol. The molecule has 7 heteroatoms. The highest BCUT2D eigenvalue weighted by molar-refractivity contribution is 7.89. The van der Waals surface area contributed by atoms with E-state index in [2.05, 4.69) is 4.98 Å². The van der Waals surface area contributed by atoms with Crippen molar-refractivity contribution in [1.82, 2.24) is 9.29 Å². The Morgan fingerprint density at radius 2 is 2.00 bits per heavy atom. The SMILES string of the molecule is CC(C)N(CC(=N)N)S(=O)(=O)CCc1ccncc1. The lowest BCUT2D eigenvalue weighted by Gasteiger charge is -2.25. The van der Waals surface area contributed by atoms with Crippen molar-refractivity contribution in [2.45, 2.75) is 26.3 Å². The van der Waals surface area contributed by atoms with E-state index < -0.39 is 10.0 Å². The fourth-order valence-electron chi connectivity index (χ4n) is 1.68. The standard InChI is InChI=1S/C12H20N4O2S/c1-10(2)16(9-12(13)14)19(17,18)8-5-11-3-6-15-7-4-11/h3-4,6-7,10H,5,8-9H2,1-2H3,(H3,13,14). The molecule has 0 spiro atoms. The maximum Gasteiger partial charge on any atom is 0.215 e. The minimum Gasteiger partial charge on any atom is -0.387 e. The smallest absolute Gasteiger partial charge is 0.215 e. The van der Waals surface area contributed by atoms with E-state index in [9.17, 15) is 8.42 Å². The first kappa shape index (κ1) is 15.6. The number of amidine groups is 1. The van der Waals surface area contributed by atoms with Crippen molar-refractivity contribution in [3.63, 3.8) is 0 Å². The van der Waals surface area contributed by atoms with E-state index in [0.29, 0.717) is 6.42 Å². The summed E-state index contributed by atoms with van der Waals surface area (Å²) < 4.78 is 25.7. The molecule has 0 aliphatic heterocycles. The Morgan fingerprint density at radius 3 is 2.47 bits per heavy atom. The molecule has 0 unspecified atom stereocenters. The normalized spacial score (nSPS) is 12.0. The predicted molar refractivity (Wildman–Crippen MR) is 75.5 cm³/mol. The van der Waals surface area contributed by atoms with Gasteiger partial charge in [-0.15, -0.1) is 0 Å². The van der Waals surface area contributed by atoms with Crippen molar-refractivity contribution < 1.29 is 8.42 Å². The van der Waals surface area contributed by atoms with E-state index in [4.69, 9.17) is 11.1 Å². The molecule has 1 aromatic rings. The van der Waals surface area contributed by atoms with Gasteiger partial charge in [-0.05, 0) is 38.0 Å². The zero-order valence-electron chi connectivity index (χ0n) is 11.2. The summed E-state index contributed by atoms with van der Waals surface area (Å²) >= 11 is 0. The average Bonchev–Trinajstić information content (AvgIpc) is 2.34. The predicted octanol–water partition coefficient (Wildman–Crippen LogP) is 0.600. The van der Waals surface area contributed by atoms with Gasteiger partial charge >= 0.3 is 0 Å². The van der Waals surface area contributed by atoms with E-state index >= 15 is 0 Å². The highest BCUT2D eigenvalue weighted by atomic mass is 32.2. The molecule has 0 atom stereocenters. The van der Waals surface area contributed by atoms with Crippen molar-refractivity contribution in [3.8, 4) is 0 Å². The molecule has 0 saturated heterocycles.